The van der Waals surface area contributed by atoms with Crippen molar-refractivity contribution in [2.24, 2.45) is 5.92 Å². The van der Waals surface area contributed by atoms with Gasteiger partial charge in [0.1, 0.15) is 6.10 Å². The summed E-state index contributed by atoms with van der Waals surface area (Å²) in [6.07, 6.45) is -3.89. The van der Waals surface area contributed by atoms with Gasteiger partial charge in [0.15, 0.2) is 0 Å². The molecule has 2 aromatic rings. The number of carbonyl (C=O) groups excluding carboxylic acids is 1. The molecule has 1 aromatic heterocycles. The number of carbonyl (C=O) groups is 1. The number of nitrogens with zero attached hydrogens (tertiary/aromatic N) is 1. The van der Waals surface area contributed by atoms with E-state index in [4.69, 9.17) is 0 Å². The van der Waals surface area contributed by atoms with Crippen molar-refractivity contribution in [1.29, 1.82) is 0 Å². The Morgan fingerprint density at radius 1 is 1.41 bits per heavy atom. The van der Waals surface area contributed by atoms with E-state index in [2.05, 4.69) is 15.6 Å². The number of amides is 1. The Balaban J connectivity index is 2.21. The van der Waals surface area contributed by atoms with Crippen LogP contribution >= 0.6 is 0 Å². The van der Waals surface area contributed by atoms with Gasteiger partial charge in [-0.3, -0.25) is 9.78 Å². The number of aliphatic hydroxyl groups is 1. The van der Waals surface area contributed by atoms with Crippen molar-refractivity contribution in [3.8, 4) is 0 Å². The third-order valence-corrected chi connectivity index (χ3v) is 4.95. The van der Waals surface area contributed by atoms with Gasteiger partial charge in [-0.05, 0) is 43.5 Å². The number of alkyl halides is 3. The Morgan fingerprint density at radius 3 is 2.78 bits per heavy atom. The molecule has 1 amide bonds. The zero-order valence-electron chi connectivity index (χ0n) is 15.1. The molecule has 27 heavy (non-hydrogen) atoms. The van der Waals surface area contributed by atoms with Crippen LogP contribution in [0.15, 0.2) is 30.5 Å². The highest BCUT2D eigenvalue weighted by molar-refractivity contribution is 5.88. The quantitative estimate of drug-likeness (QED) is 0.764. The van der Waals surface area contributed by atoms with Crippen LogP contribution in [0.4, 0.5) is 13.2 Å². The summed E-state index contributed by atoms with van der Waals surface area (Å²) in [5.74, 6) is -0.384. The third kappa shape index (κ3) is 3.77. The lowest BCUT2D eigenvalue weighted by Gasteiger charge is -2.42. The van der Waals surface area contributed by atoms with Gasteiger partial charge in [-0.1, -0.05) is 19.1 Å². The molecule has 8 heteroatoms. The molecule has 1 saturated heterocycles. The number of nitrogens with one attached hydrogen (secondary N) is 2. The first-order chi connectivity index (χ1) is 12.6. The van der Waals surface area contributed by atoms with Gasteiger partial charge in [0.25, 0.3) is 0 Å². The van der Waals surface area contributed by atoms with Gasteiger partial charge >= 0.3 is 6.18 Å². The molecule has 0 radical (unpaired) electrons. The molecule has 1 aliphatic rings. The van der Waals surface area contributed by atoms with Crippen molar-refractivity contribution in [3.63, 3.8) is 0 Å². The number of pyridine rings is 1. The normalized spacial score (nSPS) is 24.6. The van der Waals surface area contributed by atoms with Crippen molar-refractivity contribution in [2.45, 2.75) is 38.1 Å². The first kappa shape index (κ1) is 19.6. The topological polar surface area (TPSA) is 74.2 Å². The number of fused-ring (bicyclic) bond motifs is 1. The maximum atomic E-state index is 13.4. The van der Waals surface area contributed by atoms with Crippen LogP contribution in [0.1, 0.15) is 31.4 Å². The van der Waals surface area contributed by atoms with E-state index in [1.165, 1.54) is 19.2 Å². The van der Waals surface area contributed by atoms with Crippen molar-refractivity contribution < 1.29 is 23.1 Å². The van der Waals surface area contributed by atoms with Crippen LogP contribution in [0.25, 0.3) is 10.9 Å². The number of benzene rings is 1. The Hall–Kier alpha value is -2.19. The van der Waals surface area contributed by atoms with Gasteiger partial charge in [0, 0.05) is 18.1 Å². The Kier molecular flexibility index (Phi) is 5.14. The lowest BCUT2D eigenvalue weighted by molar-refractivity contribution is -0.136. The Bertz CT molecular complexity index is 854. The maximum absolute atomic E-state index is 13.4. The first-order valence-corrected chi connectivity index (χ1v) is 8.80. The fourth-order valence-corrected chi connectivity index (χ4v) is 3.80. The predicted octanol–water partition coefficient (Wildman–Crippen LogP) is 2.58. The summed E-state index contributed by atoms with van der Waals surface area (Å²) < 4.78 is 40.2. The van der Waals surface area contributed by atoms with E-state index in [-0.39, 0.29) is 11.4 Å². The molecule has 0 aliphatic carbocycles. The van der Waals surface area contributed by atoms with Gasteiger partial charge in [0.2, 0.25) is 5.91 Å². The Morgan fingerprint density at radius 2 is 2.15 bits per heavy atom. The average molecular weight is 381 g/mol. The van der Waals surface area contributed by atoms with Gasteiger partial charge in [-0.2, -0.15) is 13.2 Å². The standard InChI is InChI=1S/C19H22F3N3O2/c1-11-8-18(10-23-9-11,25-17(27)12(2)26)14-5-6-15(19(20,21)22)16-13(14)4-3-7-24-16/h3-7,11-12,23,26H,8-10H2,1-2H3,(H,25,27)/t11-,12?,18-/m0/s1. The van der Waals surface area contributed by atoms with Crippen LogP contribution in [0.2, 0.25) is 0 Å². The van der Waals surface area contributed by atoms with E-state index in [1.54, 1.807) is 12.1 Å². The number of aromatic nitrogens is 1. The summed E-state index contributed by atoms with van der Waals surface area (Å²) in [6.45, 7) is 4.45. The molecule has 0 saturated carbocycles. The van der Waals surface area contributed by atoms with Crippen LogP contribution in [0.3, 0.4) is 0 Å². The van der Waals surface area contributed by atoms with Crippen LogP contribution < -0.4 is 10.6 Å². The first-order valence-electron chi connectivity index (χ1n) is 8.80. The molecule has 1 aromatic carbocycles. The highest BCUT2D eigenvalue weighted by Gasteiger charge is 2.41. The molecule has 0 bridgehead atoms. The molecule has 3 atom stereocenters. The second-order valence-corrected chi connectivity index (χ2v) is 7.25. The molecule has 146 valence electrons. The molecule has 3 rings (SSSR count). The molecule has 3 N–H and O–H groups in total. The molecule has 2 heterocycles. The monoisotopic (exact) mass is 381 g/mol. The maximum Gasteiger partial charge on any atom is 0.418 e. The molecule has 0 spiro atoms. The van der Waals surface area contributed by atoms with Crippen molar-refractivity contribution >= 4 is 16.8 Å². The summed E-state index contributed by atoms with van der Waals surface area (Å²) in [5.41, 5.74) is -1.33. The van der Waals surface area contributed by atoms with Crippen LogP contribution in [-0.4, -0.2) is 35.2 Å². The SMILES string of the molecule is CC(O)C(=O)N[C@]1(c2ccc(C(F)(F)F)c3ncccc23)CNC[C@@H](C)C1. The summed E-state index contributed by atoms with van der Waals surface area (Å²) in [6, 6.07) is 5.59. The Labute approximate surface area is 155 Å². The summed E-state index contributed by atoms with van der Waals surface area (Å²) >= 11 is 0. The van der Waals surface area contributed by atoms with Crippen molar-refractivity contribution in [1.82, 2.24) is 15.6 Å². The molecule has 1 unspecified atom stereocenters. The second-order valence-electron chi connectivity index (χ2n) is 7.25. The van der Waals surface area contributed by atoms with Gasteiger partial charge in [-0.15, -0.1) is 0 Å². The van der Waals surface area contributed by atoms with E-state index in [9.17, 15) is 23.1 Å². The van der Waals surface area contributed by atoms with Crippen LogP contribution in [0.5, 0.6) is 0 Å². The highest BCUT2D eigenvalue weighted by atomic mass is 19.4. The minimum Gasteiger partial charge on any atom is -0.384 e. The summed E-state index contributed by atoms with van der Waals surface area (Å²) in [4.78, 5) is 16.2. The van der Waals surface area contributed by atoms with Crippen LogP contribution in [0, 0.1) is 5.92 Å². The molecule has 5 nitrogen and oxygen atoms in total. The molecule has 1 fully saturated rings. The number of hydrogen-bond acceptors (Lipinski definition) is 4. The van der Waals surface area contributed by atoms with E-state index in [0.29, 0.717) is 23.9 Å². The largest absolute Gasteiger partial charge is 0.418 e. The number of hydrogen-bond donors (Lipinski definition) is 3. The van der Waals surface area contributed by atoms with Gasteiger partial charge in [0.05, 0.1) is 16.6 Å². The lowest BCUT2D eigenvalue weighted by Crippen LogP contribution is -2.58. The highest BCUT2D eigenvalue weighted by Crippen LogP contribution is 2.40. The number of piperidine rings is 1. The number of rotatable bonds is 3. The molecule has 1 aliphatic heterocycles. The zero-order valence-corrected chi connectivity index (χ0v) is 15.1. The van der Waals surface area contributed by atoms with E-state index >= 15 is 0 Å². The van der Waals surface area contributed by atoms with Gasteiger partial charge in [-0.25, -0.2) is 0 Å². The van der Waals surface area contributed by atoms with E-state index in [1.807, 2.05) is 6.92 Å². The summed E-state index contributed by atoms with van der Waals surface area (Å²) in [7, 11) is 0. The number of halogens is 3. The second kappa shape index (κ2) is 7.09. The fourth-order valence-electron chi connectivity index (χ4n) is 3.80. The zero-order chi connectivity index (χ0) is 19.8. The average Bonchev–Trinajstić information content (AvgIpc) is 2.59. The minimum atomic E-state index is -4.53. The van der Waals surface area contributed by atoms with E-state index < -0.39 is 29.3 Å². The minimum absolute atomic E-state index is 0.147. The van der Waals surface area contributed by atoms with E-state index in [0.717, 1.165) is 12.6 Å². The number of aliphatic hydroxyl groups excluding tert-OH is 1. The lowest BCUT2D eigenvalue weighted by atomic mass is 9.77. The van der Waals surface area contributed by atoms with Gasteiger partial charge < -0.3 is 15.7 Å². The summed E-state index contributed by atoms with van der Waals surface area (Å²) in [5, 5.41) is 16.1. The molecular formula is C19H22F3N3O2. The van der Waals surface area contributed by atoms with Crippen molar-refractivity contribution in [2.75, 3.05) is 13.1 Å². The predicted molar refractivity (Wildman–Crippen MR) is 94.9 cm³/mol. The van der Waals surface area contributed by atoms with Crippen molar-refractivity contribution in [3.05, 3.63) is 41.6 Å². The van der Waals surface area contributed by atoms with Crippen LogP contribution in [-0.2, 0) is 16.5 Å². The third-order valence-electron chi connectivity index (χ3n) is 4.95. The molecular weight excluding hydrogens is 359 g/mol. The fraction of sp³-hybridized carbons (Fsp3) is 0.474. The smallest absolute Gasteiger partial charge is 0.384 e.